The molecule has 158 valence electrons. The van der Waals surface area contributed by atoms with Crippen molar-refractivity contribution in [1.29, 1.82) is 0 Å². The van der Waals surface area contributed by atoms with E-state index in [9.17, 15) is 18.0 Å². The third kappa shape index (κ3) is 4.12. The molecular weight excluding hydrogens is 400 g/mol. The summed E-state index contributed by atoms with van der Waals surface area (Å²) in [4.78, 5) is 29.3. The molecule has 0 unspecified atom stereocenters. The van der Waals surface area contributed by atoms with Gasteiger partial charge in [-0.15, -0.1) is 0 Å². The Morgan fingerprint density at radius 1 is 1.03 bits per heavy atom. The maximum absolute atomic E-state index is 13.4. The van der Waals surface area contributed by atoms with Crippen molar-refractivity contribution in [3.8, 4) is 0 Å². The predicted octanol–water partition coefficient (Wildman–Crippen LogP) is 2.27. The minimum absolute atomic E-state index is 0.00610. The lowest BCUT2D eigenvalue weighted by Crippen LogP contribution is -2.40. The molecule has 2 atom stereocenters. The average Bonchev–Trinajstić information content (AvgIpc) is 3.31. The minimum atomic E-state index is -3.09. The Kier molecular flexibility index (Phi) is 5.64. The van der Waals surface area contributed by atoms with Crippen LogP contribution >= 0.6 is 0 Å². The Morgan fingerprint density at radius 3 is 2.10 bits per heavy atom. The van der Waals surface area contributed by atoms with Crippen molar-refractivity contribution in [1.82, 2.24) is 9.80 Å². The van der Waals surface area contributed by atoms with Crippen LogP contribution in [-0.4, -0.2) is 61.2 Å². The Hall–Kier alpha value is -2.67. The van der Waals surface area contributed by atoms with Crippen LogP contribution in [-0.2, 0) is 19.4 Å². The number of hydrogen-bond acceptors (Lipinski definition) is 4. The lowest BCUT2D eigenvalue weighted by molar-refractivity contribution is -0.136. The second-order valence-electron chi connectivity index (χ2n) is 8.18. The summed E-state index contributed by atoms with van der Waals surface area (Å²) in [5.41, 5.74) is 2.00. The van der Waals surface area contributed by atoms with E-state index in [1.54, 1.807) is 16.8 Å². The number of hydrogen-bond donors (Lipinski definition) is 0. The third-order valence-corrected chi connectivity index (χ3v) is 7.87. The van der Waals surface area contributed by atoms with Crippen molar-refractivity contribution in [2.24, 2.45) is 5.92 Å². The van der Waals surface area contributed by atoms with Crippen LogP contribution in [0.1, 0.15) is 30.0 Å². The van der Waals surface area contributed by atoms with Crippen molar-refractivity contribution in [2.75, 3.05) is 25.1 Å². The highest BCUT2D eigenvalue weighted by Gasteiger charge is 2.43. The zero-order valence-electron chi connectivity index (χ0n) is 17.0. The van der Waals surface area contributed by atoms with Crippen molar-refractivity contribution in [3.05, 3.63) is 71.8 Å². The van der Waals surface area contributed by atoms with Gasteiger partial charge in [0.2, 0.25) is 11.8 Å². The molecule has 0 N–H and O–H groups in total. The summed E-state index contributed by atoms with van der Waals surface area (Å²) in [6.45, 7) is 0.290. The fourth-order valence-electron chi connectivity index (χ4n) is 4.60. The molecule has 2 saturated heterocycles. The molecule has 0 aromatic heterocycles. The first-order chi connectivity index (χ1) is 14.4. The topological polar surface area (TPSA) is 74.8 Å². The van der Waals surface area contributed by atoms with Gasteiger partial charge in [-0.1, -0.05) is 60.7 Å². The molecule has 0 saturated carbocycles. The molecule has 2 aromatic carbocycles. The Morgan fingerprint density at radius 2 is 1.60 bits per heavy atom. The van der Waals surface area contributed by atoms with Crippen LogP contribution in [0.4, 0.5) is 0 Å². The van der Waals surface area contributed by atoms with E-state index in [1.807, 2.05) is 60.7 Å². The summed E-state index contributed by atoms with van der Waals surface area (Å²) >= 11 is 0. The zero-order valence-corrected chi connectivity index (χ0v) is 17.8. The summed E-state index contributed by atoms with van der Waals surface area (Å²) in [5, 5.41) is 0. The highest BCUT2D eigenvalue weighted by molar-refractivity contribution is 7.91. The van der Waals surface area contributed by atoms with E-state index in [4.69, 9.17) is 0 Å². The van der Waals surface area contributed by atoms with Crippen molar-refractivity contribution in [3.63, 3.8) is 0 Å². The van der Waals surface area contributed by atoms with Crippen LogP contribution < -0.4 is 0 Å². The zero-order chi connectivity index (χ0) is 21.3. The SMILES string of the molecule is CN(C(=O)[C@H]1CC(=O)N([C@@H]2CCS(=O)(=O)C2)C1)C(c1ccccc1)c1ccccc1. The van der Waals surface area contributed by atoms with Crippen LogP contribution in [0.25, 0.3) is 0 Å². The van der Waals surface area contributed by atoms with E-state index in [0.717, 1.165) is 11.1 Å². The number of sulfone groups is 1. The Bertz CT molecular complexity index is 984. The molecule has 6 nitrogen and oxygen atoms in total. The van der Waals surface area contributed by atoms with Crippen molar-refractivity contribution < 1.29 is 18.0 Å². The van der Waals surface area contributed by atoms with E-state index in [1.165, 1.54) is 0 Å². The molecule has 2 aliphatic heterocycles. The summed E-state index contributed by atoms with van der Waals surface area (Å²) in [6.07, 6.45) is 0.595. The van der Waals surface area contributed by atoms with Crippen molar-refractivity contribution in [2.45, 2.75) is 24.9 Å². The molecule has 0 radical (unpaired) electrons. The smallest absolute Gasteiger partial charge is 0.228 e. The number of carbonyl (C=O) groups excluding carboxylic acids is 2. The number of nitrogens with zero attached hydrogens (tertiary/aromatic N) is 2. The van der Waals surface area contributed by atoms with Gasteiger partial charge in [0.15, 0.2) is 9.84 Å². The molecule has 0 aliphatic carbocycles. The molecular formula is C23H26N2O4S. The molecule has 30 heavy (non-hydrogen) atoms. The van der Waals surface area contributed by atoms with E-state index >= 15 is 0 Å². The standard InChI is InChI=1S/C23H26N2O4S/c1-24(22(17-8-4-2-5-9-17)18-10-6-3-7-11-18)23(27)19-14-21(26)25(15-19)20-12-13-30(28,29)16-20/h2-11,19-20,22H,12-16H2,1H3/t19-,20+/m0/s1. The first-order valence-corrected chi connectivity index (χ1v) is 12.0. The van der Waals surface area contributed by atoms with Crippen LogP contribution in [0, 0.1) is 5.92 Å². The van der Waals surface area contributed by atoms with Gasteiger partial charge in [0.25, 0.3) is 0 Å². The van der Waals surface area contributed by atoms with E-state index < -0.39 is 15.8 Å². The first-order valence-electron chi connectivity index (χ1n) is 10.2. The lowest BCUT2D eigenvalue weighted by Gasteiger charge is -2.31. The maximum atomic E-state index is 13.4. The highest BCUT2D eigenvalue weighted by Crippen LogP contribution is 2.32. The molecule has 4 rings (SSSR count). The van der Waals surface area contributed by atoms with Gasteiger partial charge in [0.05, 0.1) is 23.5 Å². The first kappa shape index (κ1) is 20.6. The fourth-order valence-corrected chi connectivity index (χ4v) is 6.33. The van der Waals surface area contributed by atoms with Gasteiger partial charge in [-0.2, -0.15) is 0 Å². The van der Waals surface area contributed by atoms with Gasteiger partial charge in [0, 0.05) is 26.1 Å². The van der Waals surface area contributed by atoms with Crippen LogP contribution in [0.2, 0.25) is 0 Å². The van der Waals surface area contributed by atoms with Gasteiger partial charge in [-0.25, -0.2) is 8.42 Å². The van der Waals surface area contributed by atoms with E-state index in [0.29, 0.717) is 13.0 Å². The number of likely N-dealkylation sites (tertiary alicyclic amines) is 1. The third-order valence-electron chi connectivity index (χ3n) is 6.12. The van der Waals surface area contributed by atoms with Gasteiger partial charge >= 0.3 is 0 Å². The van der Waals surface area contributed by atoms with Gasteiger partial charge in [0.1, 0.15) is 0 Å². The lowest BCUT2D eigenvalue weighted by atomic mass is 9.96. The minimum Gasteiger partial charge on any atom is -0.338 e. The van der Waals surface area contributed by atoms with Gasteiger partial charge in [-0.3, -0.25) is 9.59 Å². The summed E-state index contributed by atoms with van der Waals surface area (Å²) in [7, 11) is -1.31. The Labute approximate surface area is 177 Å². The molecule has 2 aliphatic rings. The normalized spacial score (nSPS) is 23.1. The fraction of sp³-hybridized carbons (Fsp3) is 0.391. The monoisotopic (exact) mass is 426 g/mol. The van der Waals surface area contributed by atoms with E-state index in [-0.39, 0.29) is 41.8 Å². The molecule has 2 fully saturated rings. The number of rotatable bonds is 5. The number of amides is 2. The summed E-state index contributed by atoms with van der Waals surface area (Å²) in [6, 6.07) is 19.1. The van der Waals surface area contributed by atoms with Gasteiger partial charge < -0.3 is 9.80 Å². The van der Waals surface area contributed by atoms with Gasteiger partial charge in [-0.05, 0) is 17.5 Å². The number of benzene rings is 2. The van der Waals surface area contributed by atoms with Crippen LogP contribution in [0.5, 0.6) is 0 Å². The van der Waals surface area contributed by atoms with Crippen LogP contribution in [0.3, 0.4) is 0 Å². The summed E-state index contributed by atoms with van der Waals surface area (Å²) < 4.78 is 23.6. The molecule has 0 spiro atoms. The molecule has 0 bridgehead atoms. The predicted molar refractivity (Wildman–Crippen MR) is 114 cm³/mol. The molecule has 2 amide bonds. The van der Waals surface area contributed by atoms with Crippen molar-refractivity contribution >= 4 is 21.7 Å². The van der Waals surface area contributed by atoms with Crippen LogP contribution in [0.15, 0.2) is 60.7 Å². The average molecular weight is 427 g/mol. The largest absolute Gasteiger partial charge is 0.338 e. The second kappa shape index (κ2) is 8.22. The number of carbonyl (C=O) groups is 2. The summed E-state index contributed by atoms with van der Waals surface area (Å²) in [5.74, 6) is -0.555. The van der Waals surface area contributed by atoms with E-state index in [2.05, 4.69) is 0 Å². The Balaban J connectivity index is 1.55. The molecule has 2 aromatic rings. The maximum Gasteiger partial charge on any atom is 0.228 e. The second-order valence-corrected chi connectivity index (χ2v) is 10.4. The molecule has 7 heteroatoms. The quantitative estimate of drug-likeness (QED) is 0.735. The highest BCUT2D eigenvalue weighted by atomic mass is 32.2. The molecule has 2 heterocycles.